The average molecular weight is 198 g/mol. The third kappa shape index (κ3) is 2.38. The fourth-order valence-corrected chi connectivity index (χ4v) is 2.01. The molecule has 0 N–H and O–H groups in total. The van der Waals surface area contributed by atoms with E-state index in [0.29, 0.717) is 5.92 Å². The van der Waals surface area contributed by atoms with Crippen LogP contribution < -0.4 is 0 Å². The number of unbranched alkanes of at least 4 members (excludes halogenated alkanes) is 2. The third-order valence-electron chi connectivity index (χ3n) is 2.91. The molecule has 0 heteroatoms. The minimum Gasteiger partial charge on any atom is -0.0876 e. The van der Waals surface area contributed by atoms with E-state index >= 15 is 0 Å². The first-order chi connectivity index (χ1) is 7.42. The summed E-state index contributed by atoms with van der Waals surface area (Å²) in [5, 5.41) is 0. The van der Waals surface area contributed by atoms with E-state index < -0.39 is 0 Å². The van der Waals surface area contributed by atoms with Crippen LogP contribution in [-0.2, 0) is 0 Å². The molecule has 2 rings (SSSR count). The zero-order valence-corrected chi connectivity index (χ0v) is 9.32. The van der Waals surface area contributed by atoms with Crippen LogP contribution in [0, 0.1) is 0 Å². The summed E-state index contributed by atoms with van der Waals surface area (Å²) in [7, 11) is 0. The van der Waals surface area contributed by atoms with E-state index in [-0.39, 0.29) is 0 Å². The van der Waals surface area contributed by atoms with E-state index in [9.17, 15) is 0 Å². The second-order valence-electron chi connectivity index (χ2n) is 4.08. The Morgan fingerprint density at radius 1 is 1.27 bits per heavy atom. The number of allylic oxidation sites excluding steroid dienone is 3. The van der Waals surface area contributed by atoms with Crippen molar-refractivity contribution in [2.45, 2.75) is 32.1 Å². The van der Waals surface area contributed by atoms with E-state index in [1.165, 1.54) is 30.4 Å². The summed E-state index contributed by atoms with van der Waals surface area (Å²) in [5.74, 6) is 0.512. The molecule has 0 nitrogen and oxygen atoms in total. The topological polar surface area (TPSA) is 0 Å². The zero-order valence-electron chi connectivity index (χ0n) is 9.32. The lowest BCUT2D eigenvalue weighted by atomic mass is 10.00. The average Bonchev–Trinajstić information content (AvgIpc) is 2.68. The molecule has 0 bridgehead atoms. The lowest BCUT2D eigenvalue weighted by Gasteiger charge is -2.04. The Morgan fingerprint density at radius 2 is 2.13 bits per heavy atom. The van der Waals surface area contributed by atoms with Crippen molar-refractivity contribution in [1.29, 1.82) is 0 Å². The van der Waals surface area contributed by atoms with Gasteiger partial charge in [0.05, 0.1) is 0 Å². The van der Waals surface area contributed by atoms with Crippen LogP contribution in [0.4, 0.5) is 0 Å². The number of hydrogen-bond acceptors (Lipinski definition) is 0. The normalized spacial score (nSPS) is 18.6. The van der Waals surface area contributed by atoms with Gasteiger partial charge in [-0.05, 0) is 17.5 Å². The summed E-state index contributed by atoms with van der Waals surface area (Å²) >= 11 is 0. The minimum absolute atomic E-state index is 0.512. The van der Waals surface area contributed by atoms with Crippen molar-refractivity contribution >= 4 is 6.08 Å². The Kier molecular flexibility index (Phi) is 3.39. The van der Waals surface area contributed by atoms with Gasteiger partial charge in [-0.3, -0.25) is 0 Å². The summed E-state index contributed by atoms with van der Waals surface area (Å²) in [6.45, 7) is 2.23. The molecule has 0 heterocycles. The van der Waals surface area contributed by atoms with Crippen molar-refractivity contribution in [3.63, 3.8) is 0 Å². The molecule has 0 aliphatic heterocycles. The predicted octanol–water partition coefficient (Wildman–Crippen LogP) is 4.54. The third-order valence-corrected chi connectivity index (χ3v) is 2.91. The summed E-state index contributed by atoms with van der Waals surface area (Å²) in [6, 6.07) is 8.64. The Balaban J connectivity index is 2.02. The highest BCUT2D eigenvalue weighted by Gasteiger charge is 2.12. The van der Waals surface area contributed by atoms with E-state index in [1.54, 1.807) is 0 Å². The first-order valence-electron chi connectivity index (χ1n) is 5.85. The lowest BCUT2D eigenvalue weighted by Crippen LogP contribution is -1.87. The summed E-state index contributed by atoms with van der Waals surface area (Å²) in [4.78, 5) is 0. The number of benzene rings is 1. The van der Waals surface area contributed by atoms with E-state index in [0.717, 1.165) is 0 Å². The summed E-state index contributed by atoms with van der Waals surface area (Å²) < 4.78 is 0. The van der Waals surface area contributed by atoms with E-state index in [1.807, 2.05) is 0 Å². The highest BCUT2D eigenvalue weighted by Crippen LogP contribution is 2.30. The van der Waals surface area contributed by atoms with Gasteiger partial charge < -0.3 is 0 Å². The molecule has 0 fully saturated rings. The number of fused-ring (bicyclic) bond motifs is 1. The molecule has 0 aromatic heterocycles. The molecule has 15 heavy (non-hydrogen) atoms. The molecule has 1 aromatic carbocycles. The van der Waals surface area contributed by atoms with Crippen LogP contribution in [-0.4, -0.2) is 0 Å². The van der Waals surface area contributed by atoms with Crippen molar-refractivity contribution in [3.05, 3.63) is 53.6 Å². The highest BCUT2D eigenvalue weighted by atomic mass is 14.2. The molecule has 78 valence electrons. The van der Waals surface area contributed by atoms with Gasteiger partial charge in [0, 0.05) is 5.92 Å². The van der Waals surface area contributed by atoms with Crippen molar-refractivity contribution in [2.75, 3.05) is 0 Å². The fraction of sp³-hybridized carbons (Fsp3) is 0.333. The maximum atomic E-state index is 2.33. The number of rotatable bonds is 4. The molecule has 1 aliphatic rings. The van der Waals surface area contributed by atoms with Crippen LogP contribution in [0.5, 0.6) is 0 Å². The second-order valence-corrected chi connectivity index (χ2v) is 4.08. The van der Waals surface area contributed by atoms with Crippen LogP contribution in [0.25, 0.3) is 6.08 Å². The standard InChI is InChI=1S/C15H18/c1-2-3-4-5-8-13-11-12-14-9-6-7-10-15(13)14/h5-13H,2-4H2,1H3/b8-5+. The Morgan fingerprint density at radius 3 is 3.00 bits per heavy atom. The molecule has 0 saturated heterocycles. The van der Waals surface area contributed by atoms with Crippen LogP contribution in [0.1, 0.15) is 43.2 Å². The molecule has 1 atom stereocenters. The fourth-order valence-electron chi connectivity index (χ4n) is 2.01. The first-order valence-corrected chi connectivity index (χ1v) is 5.85. The maximum Gasteiger partial charge on any atom is 0.0207 e. The van der Waals surface area contributed by atoms with Gasteiger partial charge in [0.25, 0.3) is 0 Å². The summed E-state index contributed by atoms with van der Waals surface area (Å²) in [6.07, 6.45) is 13.0. The Hall–Kier alpha value is -1.30. The van der Waals surface area contributed by atoms with Crippen LogP contribution in [0.2, 0.25) is 0 Å². The van der Waals surface area contributed by atoms with Gasteiger partial charge in [-0.1, -0.05) is 68.3 Å². The first kappa shape index (κ1) is 10.2. The molecule has 0 spiro atoms. The van der Waals surface area contributed by atoms with Crippen LogP contribution in [0.15, 0.2) is 42.5 Å². The van der Waals surface area contributed by atoms with Crippen molar-refractivity contribution < 1.29 is 0 Å². The molecule has 1 aliphatic carbocycles. The largest absolute Gasteiger partial charge is 0.0876 e. The number of hydrogen-bond donors (Lipinski definition) is 0. The molecule has 0 radical (unpaired) electrons. The Bertz CT molecular complexity index is 371. The SMILES string of the molecule is CCCC/C=C/C1C=Cc2ccccc21. The van der Waals surface area contributed by atoms with Gasteiger partial charge in [0.15, 0.2) is 0 Å². The van der Waals surface area contributed by atoms with Crippen LogP contribution in [0.3, 0.4) is 0 Å². The summed E-state index contributed by atoms with van der Waals surface area (Å²) in [5.41, 5.74) is 2.83. The van der Waals surface area contributed by atoms with Gasteiger partial charge in [-0.15, -0.1) is 0 Å². The molecular formula is C15H18. The minimum atomic E-state index is 0.512. The molecule has 0 saturated carbocycles. The van der Waals surface area contributed by atoms with Gasteiger partial charge in [-0.2, -0.15) is 0 Å². The van der Waals surface area contributed by atoms with Crippen molar-refractivity contribution in [2.24, 2.45) is 0 Å². The molecule has 0 amide bonds. The zero-order chi connectivity index (χ0) is 10.5. The van der Waals surface area contributed by atoms with Gasteiger partial charge in [0.1, 0.15) is 0 Å². The van der Waals surface area contributed by atoms with Crippen molar-refractivity contribution in [3.8, 4) is 0 Å². The monoisotopic (exact) mass is 198 g/mol. The van der Waals surface area contributed by atoms with Gasteiger partial charge >= 0.3 is 0 Å². The van der Waals surface area contributed by atoms with Gasteiger partial charge in [0.2, 0.25) is 0 Å². The van der Waals surface area contributed by atoms with E-state index in [4.69, 9.17) is 0 Å². The Labute approximate surface area is 92.3 Å². The maximum absolute atomic E-state index is 2.33. The highest BCUT2D eigenvalue weighted by molar-refractivity contribution is 5.63. The van der Waals surface area contributed by atoms with E-state index in [2.05, 4.69) is 55.5 Å². The molecule has 1 aromatic rings. The smallest absolute Gasteiger partial charge is 0.0207 e. The van der Waals surface area contributed by atoms with Crippen LogP contribution >= 0.6 is 0 Å². The quantitative estimate of drug-likeness (QED) is 0.492. The molecular weight excluding hydrogens is 180 g/mol. The second kappa shape index (κ2) is 4.97. The predicted molar refractivity (Wildman–Crippen MR) is 66.9 cm³/mol. The van der Waals surface area contributed by atoms with Crippen molar-refractivity contribution in [1.82, 2.24) is 0 Å². The van der Waals surface area contributed by atoms with Gasteiger partial charge in [-0.25, -0.2) is 0 Å². The lowest BCUT2D eigenvalue weighted by molar-refractivity contribution is 0.811. The molecule has 1 unspecified atom stereocenters.